The van der Waals surface area contributed by atoms with E-state index in [1.807, 2.05) is 46.4 Å². The predicted molar refractivity (Wildman–Crippen MR) is 143 cm³/mol. The zero-order chi connectivity index (χ0) is 23.8. The Kier molecular flexibility index (Phi) is 6.56. The van der Waals surface area contributed by atoms with E-state index in [2.05, 4.69) is 46.5 Å². The fourth-order valence-electron chi connectivity index (χ4n) is 4.74. The highest BCUT2D eigenvalue weighted by atomic mass is 79.9. The Balaban J connectivity index is 1.52. The van der Waals surface area contributed by atoms with Crippen molar-refractivity contribution < 1.29 is 4.79 Å². The number of anilines is 2. The molecule has 0 fully saturated rings. The minimum atomic E-state index is -0.196. The lowest BCUT2D eigenvalue weighted by atomic mass is 9.87. The van der Waals surface area contributed by atoms with Crippen molar-refractivity contribution >= 4 is 62.1 Å². The van der Waals surface area contributed by atoms with Gasteiger partial charge < -0.3 is 0 Å². The molecule has 0 aromatic heterocycles. The van der Waals surface area contributed by atoms with Crippen molar-refractivity contribution in [3.8, 4) is 0 Å². The van der Waals surface area contributed by atoms with E-state index in [4.69, 9.17) is 28.3 Å². The number of carbonyl (C=O) groups is 1. The lowest BCUT2D eigenvalue weighted by Gasteiger charge is -2.29. The Hall–Kier alpha value is -2.54. The smallest absolute Gasteiger partial charge is 0.285 e. The fraction of sp³-hybridized carbons (Fsp3) is 0.231. The molecule has 0 saturated carbocycles. The van der Waals surface area contributed by atoms with E-state index < -0.39 is 0 Å². The maximum atomic E-state index is 13.6. The highest BCUT2D eigenvalue weighted by molar-refractivity contribution is 9.10. The Morgan fingerprint density at radius 3 is 2.59 bits per heavy atom. The molecule has 0 spiro atoms. The number of nitrogens with zero attached hydrogens (tertiary/aromatic N) is 3. The van der Waals surface area contributed by atoms with E-state index in [1.165, 1.54) is 5.56 Å². The molecule has 5 nitrogen and oxygen atoms in total. The topological polar surface area (TPSA) is 47.9 Å². The zero-order valence-electron chi connectivity index (χ0n) is 18.5. The van der Waals surface area contributed by atoms with Gasteiger partial charge in [-0.3, -0.25) is 20.2 Å². The molecule has 2 aliphatic heterocycles. The standard InChI is InChI=1S/C26H23BrCl2N4O/c1-2-20-24(26(34)31-32-14-13-16-5-3-4-6-22(16)32)30-33(23-12-11-19(28)15-21(23)29)25(20)17-7-9-18(27)10-8-17/h3-12,15,20,25H,2,13-14H2,1H3,(H,31,34)/t20-,25-/m1/s1. The van der Waals surface area contributed by atoms with E-state index in [9.17, 15) is 4.79 Å². The first-order chi connectivity index (χ1) is 16.5. The van der Waals surface area contributed by atoms with Crippen LogP contribution in [0.5, 0.6) is 0 Å². The molecule has 0 radical (unpaired) electrons. The monoisotopic (exact) mass is 556 g/mol. The largest absolute Gasteiger partial charge is 0.286 e. The van der Waals surface area contributed by atoms with Crippen LogP contribution in [0.15, 0.2) is 76.3 Å². The molecular weight excluding hydrogens is 535 g/mol. The quantitative estimate of drug-likeness (QED) is 0.375. The van der Waals surface area contributed by atoms with E-state index in [0.29, 0.717) is 21.4 Å². The molecule has 34 heavy (non-hydrogen) atoms. The van der Waals surface area contributed by atoms with Crippen molar-refractivity contribution in [2.24, 2.45) is 11.0 Å². The van der Waals surface area contributed by atoms with Crippen molar-refractivity contribution in [3.63, 3.8) is 0 Å². The van der Waals surface area contributed by atoms with Gasteiger partial charge in [-0.2, -0.15) is 5.10 Å². The third-order valence-corrected chi connectivity index (χ3v) is 7.44. The summed E-state index contributed by atoms with van der Waals surface area (Å²) in [4.78, 5) is 13.6. The summed E-state index contributed by atoms with van der Waals surface area (Å²) in [6, 6.07) is 21.4. The number of benzene rings is 3. The summed E-state index contributed by atoms with van der Waals surface area (Å²) in [5.41, 5.74) is 7.61. The first-order valence-electron chi connectivity index (χ1n) is 11.2. The van der Waals surface area contributed by atoms with Gasteiger partial charge in [0, 0.05) is 22.0 Å². The summed E-state index contributed by atoms with van der Waals surface area (Å²) in [6.45, 7) is 2.81. The molecule has 2 atom stereocenters. The van der Waals surface area contributed by atoms with Crippen LogP contribution in [-0.4, -0.2) is 18.2 Å². The van der Waals surface area contributed by atoms with Crippen molar-refractivity contribution in [3.05, 3.63) is 92.4 Å². The van der Waals surface area contributed by atoms with Crippen LogP contribution < -0.4 is 15.4 Å². The summed E-state index contributed by atoms with van der Waals surface area (Å²) >= 11 is 16.3. The van der Waals surface area contributed by atoms with Gasteiger partial charge in [-0.05, 0) is 60.4 Å². The Bertz CT molecular complexity index is 1260. The van der Waals surface area contributed by atoms with Crippen LogP contribution in [0.2, 0.25) is 10.0 Å². The lowest BCUT2D eigenvalue weighted by molar-refractivity contribution is -0.115. The number of hydrazone groups is 1. The number of fused-ring (bicyclic) bond motifs is 1. The average molecular weight is 558 g/mol. The Labute approximate surface area is 217 Å². The van der Waals surface area contributed by atoms with E-state index in [0.717, 1.165) is 35.1 Å². The Morgan fingerprint density at radius 1 is 1.09 bits per heavy atom. The summed E-state index contributed by atoms with van der Waals surface area (Å²) in [5, 5.41) is 9.67. The van der Waals surface area contributed by atoms with E-state index in [1.54, 1.807) is 12.1 Å². The van der Waals surface area contributed by atoms with Crippen molar-refractivity contribution in [1.29, 1.82) is 0 Å². The molecule has 1 amide bonds. The highest BCUT2D eigenvalue weighted by Crippen LogP contribution is 2.44. The third kappa shape index (κ3) is 4.30. The third-order valence-electron chi connectivity index (χ3n) is 6.38. The van der Waals surface area contributed by atoms with E-state index >= 15 is 0 Å². The molecule has 0 aliphatic carbocycles. The fourth-order valence-corrected chi connectivity index (χ4v) is 5.50. The number of amides is 1. The summed E-state index contributed by atoms with van der Waals surface area (Å²) in [5.74, 6) is -0.316. The number of carbonyl (C=O) groups excluding carboxylic acids is 1. The SMILES string of the molecule is CC[C@@H]1C(C(=O)NN2CCc3ccccc32)=NN(c2ccc(Cl)cc2Cl)[C@@H]1c1ccc(Br)cc1. The Morgan fingerprint density at radius 2 is 1.85 bits per heavy atom. The van der Waals surface area contributed by atoms with Gasteiger partial charge in [0.15, 0.2) is 0 Å². The summed E-state index contributed by atoms with van der Waals surface area (Å²) in [7, 11) is 0. The predicted octanol–water partition coefficient (Wildman–Crippen LogP) is 6.79. The highest BCUT2D eigenvalue weighted by Gasteiger charge is 2.42. The molecule has 0 unspecified atom stereocenters. The van der Waals surface area contributed by atoms with Gasteiger partial charge in [-0.25, -0.2) is 0 Å². The van der Waals surface area contributed by atoms with Crippen LogP contribution in [0.1, 0.15) is 30.5 Å². The second-order valence-corrected chi connectivity index (χ2v) is 10.2. The maximum absolute atomic E-state index is 13.6. The molecule has 0 bridgehead atoms. The van der Waals surface area contributed by atoms with Gasteiger partial charge in [0.1, 0.15) is 5.71 Å². The molecule has 5 rings (SSSR count). The lowest BCUT2D eigenvalue weighted by Crippen LogP contribution is -2.46. The number of hydrogen-bond acceptors (Lipinski definition) is 4. The molecule has 174 valence electrons. The molecule has 0 saturated heterocycles. The second-order valence-electron chi connectivity index (χ2n) is 8.41. The summed E-state index contributed by atoms with van der Waals surface area (Å²) < 4.78 is 0.991. The number of para-hydroxylation sites is 1. The van der Waals surface area contributed by atoms with E-state index in [-0.39, 0.29) is 17.9 Å². The minimum Gasteiger partial charge on any atom is -0.285 e. The first-order valence-corrected chi connectivity index (χ1v) is 12.8. The second kappa shape index (κ2) is 9.61. The van der Waals surface area contributed by atoms with Crippen LogP contribution >= 0.6 is 39.1 Å². The van der Waals surface area contributed by atoms with Crippen LogP contribution in [0.4, 0.5) is 11.4 Å². The van der Waals surface area contributed by atoms with Gasteiger partial charge >= 0.3 is 0 Å². The molecule has 8 heteroatoms. The van der Waals surface area contributed by atoms with Gasteiger partial charge in [0.05, 0.1) is 22.4 Å². The normalized spacial score (nSPS) is 19.2. The van der Waals surface area contributed by atoms with Crippen LogP contribution in [-0.2, 0) is 11.2 Å². The molecule has 3 aromatic carbocycles. The number of rotatable bonds is 5. The minimum absolute atomic E-state index is 0.120. The number of nitrogens with one attached hydrogen (secondary N) is 1. The molecule has 2 aliphatic rings. The number of halogens is 3. The number of hydrazine groups is 1. The molecule has 1 N–H and O–H groups in total. The van der Waals surface area contributed by atoms with Gasteiger partial charge in [0.2, 0.25) is 0 Å². The van der Waals surface area contributed by atoms with Gasteiger partial charge in [0.25, 0.3) is 5.91 Å². The van der Waals surface area contributed by atoms with Crippen molar-refractivity contribution in [2.75, 3.05) is 16.6 Å². The maximum Gasteiger partial charge on any atom is 0.286 e. The zero-order valence-corrected chi connectivity index (χ0v) is 21.6. The molecular formula is C26H23BrCl2N4O. The molecule has 2 heterocycles. The van der Waals surface area contributed by atoms with Crippen LogP contribution in [0, 0.1) is 5.92 Å². The molecule has 3 aromatic rings. The van der Waals surface area contributed by atoms with Crippen LogP contribution in [0.25, 0.3) is 0 Å². The first kappa shape index (κ1) is 23.2. The number of hydrogen-bond donors (Lipinski definition) is 1. The van der Waals surface area contributed by atoms with Crippen molar-refractivity contribution in [1.82, 2.24) is 5.43 Å². The van der Waals surface area contributed by atoms with Gasteiger partial charge in [-0.1, -0.05) is 76.4 Å². The van der Waals surface area contributed by atoms with Crippen LogP contribution in [0.3, 0.4) is 0 Å². The summed E-state index contributed by atoms with van der Waals surface area (Å²) in [6.07, 6.45) is 1.64. The van der Waals surface area contributed by atoms with Crippen molar-refractivity contribution in [2.45, 2.75) is 25.8 Å². The van der Waals surface area contributed by atoms with Gasteiger partial charge in [-0.15, -0.1) is 0 Å². The average Bonchev–Trinajstić information content (AvgIpc) is 3.41.